The zero-order chi connectivity index (χ0) is 12.8. The molecule has 94 valence electrons. The van der Waals surface area contributed by atoms with Gasteiger partial charge in [-0.15, -0.1) is 0 Å². The Kier molecular flexibility index (Phi) is 5.89. The summed E-state index contributed by atoms with van der Waals surface area (Å²) in [4.78, 5) is 21.8. The Morgan fingerprint density at radius 3 is 2.25 bits per heavy atom. The molecule has 0 spiro atoms. The first-order chi connectivity index (χ1) is 7.40. The second-order valence-corrected chi connectivity index (χ2v) is 2.94. The number of hydrogen-bond donors (Lipinski definition) is 3. The first-order valence-corrected chi connectivity index (χ1v) is 4.18. The van der Waals surface area contributed by atoms with Gasteiger partial charge >= 0.3 is 11.9 Å². The number of hydrogen-bond acceptors (Lipinski definition) is 7. The third-order valence-corrected chi connectivity index (χ3v) is 1.71. The number of methoxy groups -OCH3 is 2. The molecule has 0 saturated carbocycles. The van der Waals surface area contributed by atoms with Crippen LogP contribution in [0.1, 0.15) is 0 Å². The summed E-state index contributed by atoms with van der Waals surface area (Å²) in [5.41, 5.74) is -2.67. The number of ether oxygens (including phenoxy) is 3. The Balaban J connectivity index is 4.79. The van der Waals surface area contributed by atoms with E-state index in [2.05, 4.69) is 14.2 Å². The molecule has 16 heavy (non-hydrogen) atoms. The fraction of sp³-hybridized carbons (Fsp3) is 0.750. The molecule has 0 aromatic carbocycles. The predicted molar refractivity (Wildman–Crippen MR) is 48.4 cm³/mol. The van der Waals surface area contributed by atoms with Crippen molar-refractivity contribution >= 4 is 11.9 Å². The maximum absolute atomic E-state index is 11.3. The van der Waals surface area contributed by atoms with Crippen LogP contribution in [0, 0.1) is 0 Å². The highest BCUT2D eigenvalue weighted by atomic mass is 16.7. The Bertz CT molecular complexity index is 252. The maximum Gasteiger partial charge on any atom is 0.346 e. The first kappa shape index (κ1) is 14.8. The Hall–Kier alpha value is -1.22. The van der Waals surface area contributed by atoms with Gasteiger partial charge in [0.2, 0.25) is 5.60 Å². The van der Waals surface area contributed by atoms with Crippen molar-refractivity contribution in [1.29, 1.82) is 0 Å². The number of rotatable bonds is 7. The number of aliphatic hydroxyl groups excluding tert-OH is 1. The summed E-state index contributed by atoms with van der Waals surface area (Å²) >= 11 is 0. The van der Waals surface area contributed by atoms with Crippen molar-refractivity contribution in [3.05, 3.63) is 0 Å². The molecule has 0 aliphatic carbocycles. The van der Waals surface area contributed by atoms with Crippen LogP contribution in [-0.2, 0) is 23.8 Å². The molecule has 8 nitrogen and oxygen atoms in total. The van der Waals surface area contributed by atoms with Gasteiger partial charge in [-0.05, 0) is 0 Å². The van der Waals surface area contributed by atoms with Crippen molar-refractivity contribution in [3.8, 4) is 0 Å². The fourth-order valence-electron chi connectivity index (χ4n) is 0.911. The first-order valence-electron chi connectivity index (χ1n) is 4.18. The number of carbonyl (C=O) groups is 2. The van der Waals surface area contributed by atoms with Crippen molar-refractivity contribution in [2.45, 2.75) is 11.7 Å². The SMILES string of the molecule is COCOC(=O)[C@@](O)(COC)[C@@H](O)C(=O)O. The third kappa shape index (κ3) is 3.42. The van der Waals surface area contributed by atoms with Gasteiger partial charge in [0.25, 0.3) is 0 Å². The molecule has 2 atom stereocenters. The number of carboxylic acid groups (broad SMARTS) is 1. The standard InChI is InChI=1S/C8H14O8/c1-14-3-8(13,5(9)6(10)11)7(12)16-4-15-2/h5,9,13H,3-4H2,1-2H3,(H,10,11)/t5-,8+/m0/s1. The number of carbonyl (C=O) groups excluding carboxylic acids is 1. The second-order valence-electron chi connectivity index (χ2n) is 2.94. The summed E-state index contributed by atoms with van der Waals surface area (Å²) in [6, 6.07) is 0. The Morgan fingerprint density at radius 2 is 1.88 bits per heavy atom. The minimum atomic E-state index is -2.67. The zero-order valence-electron chi connectivity index (χ0n) is 8.87. The van der Waals surface area contributed by atoms with Crippen LogP contribution in [0.2, 0.25) is 0 Å². The molecule has 0 unspecified atom stereocenters. The lowest BCUT2D eigenvalue weighted by Crippen LogP contribution is -2.57. The Labute approximate surface area is 91.3 Å². The van der Waals surface area contributed by atoms with E-state index in [9.17, 15) is 19.8 Å². The molecule has 3 N–H and O–H groups in total. The van der Waals surface area contributed by atoms with E-state index < -0.39 is 37.0 Å². The lowest BCUT2D eigenvalue weighted by molar-refractivity contribution is -0.201. The van der Waals surface area contributed by atoms with Crippen molar-refractivity contribution in [1.82, 2.24) is 0 Å². The minimum Gasteiger partial charge on any atom is -0.479 e. The van der Waals surface area contributed by atoms with E-state index in [4.69, 9.17) is 5.11 Å². The molecule has 0 amide bonds. The van der Waals surface area contributed by atoms with Gasteiger partial charge in [-0.1, -0.05) is 0 Å². The molecule has 8 heteroatoms. The van der Waals surface area contributed by atoms with E-state index in [1.54, 1.807) is 0 Å². The molecule has 0 aliphatic rings. The maximum atomic E-state index is 11.3. The van der Waals surface area contributed by atoms with Gasteiger partial charge < -0.3 is 29.5 Å². The van der Waals surface area contributed by atoms with Crippen LogP contribution < -0.4 is 0 Å². The van der Waals surface area contributed by atoms with Gasteiger partial charge in [-0.2, -0.15) is 0 Å². The van der Waals surface area contributed by atoms with Crippen LogP contribution >= 0.6 is 0 Å². The number of carboxylic acids is 1. The third-order valence-electron chi connectivity index (χ3n) is 1.71. The highest BCUT2D eigenvalue weighted by Crippen LogP contribution is 2.14. The molecule has 0 fully saturated rings. The molecule has 0 aromatic rings. The number of esters is 1. The van der Waals surface area contributed by atoms with Gasteiger partial charge in [0.05, 0.1) is 6.61 Å². The zero-order valence-corrected chi connectivity index (χ0v) is 8.87. The summed E-state index contributed by atoms with van der Waals surface area (Å²) in [5, 5.41) is 27.3. The highest BCUT2D eigenvalue weighted by molar-refractivity contribution is 5.88. The molecule has 0 radical (unpaired) electrons. The molecule has 0 heterocycles. The molecule has 0 aliphatic heterocycles. The summed E-state index contributed by atoms with van der Waals surface area (Å²) in [6.07, 6.45) is -2.35. The predicted octanol–water partition coefficient (Wildman–Crippen LogP) is -2.04. The largest absolute Gasteiger partial charge is 0.479 e. The van der Waals surface area contributed by atoms with E-state index in [1.807, 2.05) is 0 Å². The smallest absolute Gasteiger partial charge is 0.346 e. The van der Waals surface area contributed by atoms with Gasteiger partial charge in [0, 0.05) is 14.2 Å². The van der Waals surface area contributed by atoms with Crippen molar-refractivity contribution in [2.75, 3.05) is 27.6 Å². The van der Waals surface area contributed by atoms with Crippen LogP contribution in [0.15, 0.2) is 0 Å². The molecule has 0 bridgehead atoms. The van der Waals surface area contributed by atoms with E-state index >= 15 is 0 Å². The monoisotopic (exact) mass is 238 g/mol. The summed E-state index contributed by atoms with van der Waals surface area (Å²) in [7, 11) is 2.36. The van der Waals surface area contributed by atoms with Crippen LogP contribution in [0.3, 0.4) is 0 Å². The topological polar surface area (TPSA) is 123 Å². The van der Waals surface area contributed by atoms with Crippen molar-refractivity contribution in [2.24, 2.45) is 0 Å². The van der Waals surface area contributed by atoms with Crippen molar-refractivity contribution < 1.29 is 39.1 Å². The van der Waals surface area contributed by atoms with Gasteiger partial charge in [-0.25, -0.2) is 9.59 Å². The van der Waals surface area contributed by atoms with Crippen LogP contribution in [-0.4, -0.2) is 66.6 Å². The van der Waals surface area contributed by atoms with Crippen molar-refractivity contribution in [3.63, 3.8) is 0 Å². The van der Waals surface area contributed by atoms with E-state index in [-0.39, 0.29) is 0 Å². The van der Waals surface area contributed by atoms with Crippen LogP contribution in [0.25, 0.3) is 0 Å². The highest BCUT2D eigenvalue weighted by Gasteiger charge is 2.49. The quantitative estimate of drug-likeness (QED) is 0.342. The van der Waals surface area contributed by atoms with Crippen LogP contribution in [0.5, 0.6) is 0 Å². The van der Waals surface area contributed by atoms with E-state index in [0.29, 0.717) is 0 Å². The summed E-state index contributed by atoms with van der Waals surface area (Å²) in [5.74, 6) is -3.11. The lowest BCUT2D eigenvalue weighted by atomic mass is 9.98. The fourth-order valence-corrected chi connectivity index (χ4v) is 0.911. The molecule has 0 rings (SSSR count). The van der Waals surface area contributed by atoms with Crippen LogP contribution in [0.4, 0.5) is 0 Å². The molecule has 0 aromatic heterocycles. The van der Waals surface area contributed by atoms with Gasteiger partial charge in [0.1, 0.15) is 0 Å². The number of aliphatic hydroxyl groups is 2. The van der Waals surface area contributed by atoms with Gasteiger partial charge in [0.15, 0.2) is 12.9 Å². The molecule has 0 saturated heterocycles. The van der Waals surface area contributed by atoms with E-state index in [1.165, 1.54) is 7.11 Å². The normalized spacial score (nSPS) is 16.2. The second kappa shape index (κ2) is 6.38. The van der Waals surface area contributed by atoms with E-state index in [0.717, 1.165) is 7.11 Å². The average molecular weight is 238 g/mol. The Morgan fingerprint density at radius 1 is 1.31 bits per heavy atom. The van der Waals surface area contributed by atoms with Gasteiger partial charge in [-0.3, -0.25) is 0 Å². The lowest BCUT2D eigenvalue weighted by Gasteiger charge is -2.27. The molecular formula is C8H14O8. The summed E-state index contributed by atoms with van der Waals surface area (Å²) < 4.78 is 13.2. The summed E-state index contributed by atoms with van der Waals surface area (Å²) in [6.45, 7) is -1.19. The molecular weight excluding hydrogens is 224 g/mol. The minimum absolute atomic E-state index is 0.475. The number of aliphatic carboxylic acids is 1. The average Bonchev–Trinajstić information content (AvgIpc) is 2.24.